The lowest BCUT2D eigenvalue weighted by Gasteiger charge is -2.13. The number of carbonyl (C=O) groups is 1. The minimum Gasteiger partial charge on any atom is -0.308 e. The lowest BCUT2D eigenvalue weighted by molar-refractivity contribution is 0.262. The molecule has 3 aromatic rings. The highest BCUT2D eigenvalue weighted by molar-refractivity contribution is 7.90. The van der Waals surface area contributed by atoms with Crippen LogP contribution in [0.2, 0.25) is 5.02 Å². The summed E-state index contributed by atoms with van der Waals surface area (Å²) >= 11 is 5.88. The number of rotatable bonds is 5. The lowest BCUT2D eigenvalue weighted by atomic mass is 10.1. The van der Waals surface area contributed by atoms with Gasteiger partial charge in [0.2, 0.25) is 0 Å². The van der Waals surface area contributed by atoms with Crippen LogP contribution in [0.3, 0.4) is 0 Å². The summed E-state index contributed by atoms with van der Waals surface area (Å²) in [5.41, 5.74) is 4.41. The van der Waals surface area contributed by atoms with Gasteiger partial charge in [-0.3, -0.25) is 0 Å². The van der Waals surface area contributed by atoms with E-state index in [2.05, 4.69) is 10.6 Å². The molecule has 2 N–H and O–H groups in total. The van der Waals surface area contributed by atoms with Crippen LogP contribution in [-0.4, -0.2) is 14.4 Å². The van der Waals surface area contributed by atoms with Crippen molar-refractivity contribution in [2.75, 3.05) is 10.6 Å². The van der Waals surface area contributed by atoms with Crippen molar-refractivity contribution < 1.29 is 13.2 Å². The van der Waals surface area contributed by atoms with Gasteiger partial charge in [0.1, 0.15) is 0 Å². The zero-order valence-corrected chi connectivity index (χ0v) is 18.6. The van der Waals surface area contributed by atoms with E-state index in [1.165, 1.54) is 6.07 Å². The van der Waals surface area contributed by atoms with E-state index in [9.17, 15) is 13.2 Å². The first kappa shape index (κ1) is 21.9. The topological polar surface area (TPSA) is 75.3 Å². The van der Waals surface area contributed by atoms with Crippen molar-refractivity contribution in [3.05, 3.63) is 87.9 Å². The number of aryl methyl sites for hydroxylation is 2. The molecule has 0 aliphatic carbocycles. The van der Waals surface area contributed by atoms with Gasteiger partial charge in [-0.15, -0.1) is 0 Å². The summed E-state index contributed by atoms with van der Waals surface area (Å²) in [5.74, 6) is -0.150. The predicted molar refractivity (Wildman–Crippen MR) is 122 cm³/mol. The fourth-order valence-corrected chi connectivity index (χ4v) is 4.84. The minimum absolute atomic E-state index is 0.150. The van der Waals surface area contributed by atoms with Crippen LogP contribution in [0.1, 0.15) is 22.3 Å². The van der Waals surface area contributed by atoms with E-state index in [0.717, 1.165) is 11.1 Å². The molecule has 0 heterocycles. The highest BCUT2D eigenvalue weighted by Gasteiger charge is 2.19. The van der Waals surface area contributed by atoms with Crippen LogP contribution in [0.25, 0.3) is 0 Å². The maximum atomic E-state index is 13.0. The highest BCUT2D eigenvalue weighted by Crippen LogP contribution is 2.25. The molecule has 3 aromatic carbocycles. The third kappa shape index (κ3) is 5.20. The Hall–Kier alpha value is -2.83. The first-order chi connectivity index (χ1) is 14.2. The number of halogens is 1. The van der Waals surface area contributed by atoms with E-state index in [1.54, 1.807) is 43.3 Å². The van der Waals surface area contributed by atoms with E-state index in [1.807, 2.05) is 32.0 Å². The number of hydrogen-bond acceptors (Lipinski definition) is 3. The second-order valence-corrected chi connectivity index (χ2v) is 9.59. The fraction of sp³-hybridized carbons (Fsp3) is 0.174. The average molecular weight is 443 g/mol. The number of sulfone groups is 1. The van der Waals surface area contributed by atoms with Crippen LogP contribution in [0.4, 0.5) is 16.2 Å². The predicted octanol–water partition coefficient (Wildman–Crippen LogP) is 5.88. The van der Waals surface area contributed by atoms with Crippen LogP contribution in [0.5, 0.6) is 0 Å². The van der Waals surface area contributed by atoms with Crippen LogP contribution < -0.4 is 10.6 Å². The number of benzene rings is 3. The molecule has 156 valence electrons. The van der Waals surface area contributed by atoms with E-state index < -0.39 is 15.9 Å². The summed E-state index contributed by atoms with van der Waals surface area (Å²) in [6.45, 7) is 5.63. The van der Waals surface area contributed by atoms with E-state index in [4.69, 9.17) is 11.6 Å². The number of anilines is 2. The summed E-state index contributed by atoms with van der Waals surface area (Å²) < 4.78 is 25.9. The molecule has 0 atom stereocenters. The summed E-state index contributed by atoms with van der Waals surface area (Å²) in [6.07, 6.45) is 0. The van der Waals surface area contributed by atoms with E-state index >= 15 is 0 Å². The molecular formula is C23H23ClN2O3S. The van der Waals surface area contributed by atoms with Crippen molar-refractivity contribution >= 4 is 38.8 Å². The van der Waals surface area contributed by atoms with Gasteiger partial charge in [-0.2, -0.15) is 0 Å². The third-order valence-corrected chi connectivity index (χ3v) is 6.98. The van der Waals surface area contributed by atoms with Crippen LogP contribution in [0, 0.1) is 20.8 Å². The normalized spacial score (nSPS) is 11.2. The minimum atomic E-state index is -3.60. The Morgan fingerprint density at radius 1 is 0.900 bits per heavy atom. The second kappa shape index (κ2) is 8.90. The molecule has 3 rings (SSSR count). The van der Waals surface area contributed by atoms with Gasteiger partial charge in [0.05, 0.1) is 10.6 Å². The Bertz CT molecular complexity index is 1190. The Morgan fingerprint density at radius 3 is 2.30 bits per heavy atom. The molecule has 0 bridgehead atoms. The summed E-state index contributed by atoms with van der Waals surface area (Å²) in [5, 5.41) is 6.07. The maximum Gasteiger partial charge on any atom is 0.323 e. The smallest absolute Gasteiger partial charge is 0.308 e. The molecule has 2 amide bonds. The molecular weight excluding hydrogens is 420 g/mol. The third-order valence-electron chi connectivity index (χ3n) is 4.90. The molecule has 0 saturated carbocycles. The van der Waals surface area contributed by atoms with Crippen LogP contribution in [0.15, 0.2) is 65.6 Å². The molecule has 0 radical (unpaired) electrons. The summed E-state index contributed by atoms with van der Waals surface area (Å²) in [4.78, 5) is 12.6. The zero-order chi connectivity index (χ0) is 21.9. The molecule has 30 heavy (non-hydrogen) atoms. The van der Waals surface area contributed by atoms with E-state index in [-0.39, 0.29) is 10.6 Å². The zero-order valence-electron chi connectivity index (χ0n) is 17.0. The van der Waals surface area contributed by atoms with Crippen molar-refractivity contribution in [3.8, 4) is 0 Å². The van der Waals surface area contributed by atoms with Gasteiger partial charge in [-0.05, 0) is 73.4 Å². The highest BCUT2D eigenvalue weighted by atomic mass is 35.5. The molecule has 0 aliphatic heterocycles. The first-order valence-electron chi connectivity index (χ1n) is 9.38. The monoisotopic (exact) mass is 442 g/mol. The van der Waals surface area contributed by atoms with Gasteiger partial charge in [0, 0.05) is 16.4 Å². The molecule has 5 nitrogen and oxygen atoms in total. The second-order valence-electron chi connectivity index (χ2n) is 7.19. The largest absolute Gasteiger partial charge is 0.323 e. The van der Waals surface area contributed by atoms with Gasteiger partial charge in [-0.25, -0.2) is 13.2 Å². The van der Waals surface area contributed by atoms with Gasteiger partial charge in [0.15, 0.2) is 9.84 Å². The summed E-state index contributed by atoms with van der Waals surface area (Å²) in [7, 11) is -3.60. The molecule has 0 aliphatic rings. The SMILES string of the molecule is Cc1ccc(NC(=O)Nc2cccc(C)c2C)cc1S(=O)(=O)Cc1ccc(Cl)cc1. The van der Waals surface area contributed by atoms with Crippen molar-refractivity contribution in [1.29, 1.82) is 0 Å². The number of hydrogen-bond donors (Lipinski definition) is 2. The maximum absolute atomic E-state index is 13.0. The number of urea groups is 1. The number of amides is 2. The first-order valence-corrected chi connectivity index (χ1v) is 11.4. The van der Waals surface area contributed by atoms with E-state index in [0.29, 0.717) is 27.5 Å². The standard InChI is InChI=1S/C23H23ClN2O3S/c1-15-5-4-6-21(17(15)3)26-23(27)25-20-12-7-16(2)22(13-20)30(28,29)14-18-8-10-19(24)11-9-18/h4-13H,14H2,1-3H3,(H2,25,26,27). The van der Waals surface area contributed by atoms with Crippen molar-refractivity contribution in [2.45, 2.75) is 31.4 Å². The average Bonchev–Trinajstić information content (AvgIpc) is 2.68. The molecule has 0 saturated heterocycles. The Labute approximate surface area is 182 Å². The molecule has 0 fully saturated rings. The Morgan fingerprint density at radius 2 is 1.60 bits per heavy atom. The number of nitrogens with one attached hydrogen (secondary N) is 2. The lowest BCUT2D eigenvalue weighted by Crippen LogP contribution is -2.20. The van der Waals surface area contributed by atoms with Crippen LogP contribution in [-0.2, 0) is 15.6 Å². The van der Waals surface area contributed by atoms with Gasteiger partial charge in [0.25, 0.3) is 0 Å². The quantitative estimate of drug-likeness (QED) is 0.517. The van der Waals surface area contributed by atoms with Gasteiger partial charge >= 0.3 is 6.03 Å². The Balaban J connectivity index is 1.79. The van der Waals surface area contributed by atoms with Crippen LogP contribution >= 0.6 is 11.6 Å². The number of carbonyl (C=O) groups excluding carboxylic acids is 1. The molecule has 7 heteroatoms. The fourth-order valence-electron chi connectivity index (χ4n) is 3.06. The molecule has 0 unspecified atom stereocenters. The van der Waals surface area contributed by atoms with Crippen molar-refractivity contribution in [1.82, 2.24) is 0 Å². The van der Waals surface area contributed by atoms with Gasteiger partial charge < -0.3 is 10.6 Å². The Kier molecular flexibility index (Phi) is 6.48. The molecule has 0 spiro atoms. The van der Waals surface area contributed by atoms with Crippen molar-refractivity contribution in [2.24, 2.45) is 0 Å². The van der Waals surface area contributed by atoms with Crippen molar-refractivity contribution in [3.63, 3.8) is 0 Å². The molecule has 0 aromatic heterocycles. The van der Waals surface area contributed by atoms with Gasteiger partial charge in [-0.1, -0.05) is 41.9 Å². The summed E-state index contributed by atoms with van der Waals surface area (Å²) in [6, 6.07) is 16.8.